The molecule has 0 spiro atoms. The predicted molar refractivity (Wildman–Crippen MR) is 108 cm³/mol. The number of fused-ring (bicyclic) bond motifs is 1. The Morgan fingerprint density at radius 1 is 1.15 bits per heavy atom. The number of ether oxygens (including phenoxy) is 2. The van der Waals surface area contributed by atoms with Gasteiger partial charge in [0.15, 0.2) is 0 Å². The third-order valence-corrected chi connectivity index (χ3v) is 5.18. The molecule has 0 fully saturated rings. The van der Waals surface area contributed by atoms with Crippen molar-refractivity contribution in [2.75, 3.05) is 13.7 Å². The molecule has 6 heteroatoms. The molecule has 0 unspecified atom stereocenters. The quantitative estimate of drug-likeness (QED) is 0.345. The Bertz CT molecular complexity index is 846. The van der Waals surface area contributed by atoms with Crippen LogP contribution in [0.25, 0.3) is 0 Å². The normalized spacial score (nSPS) is 14.1. The lowest BCUT2D eigenvalue weighted by molar-refractivity contribution is 0.0516. The fourth-order valence-corrected chi connectivity index (χ4v) is 3.49. The van der Waals surface area contributed by atoms with Gasteiger partial charge in [-0.2, -0.15) is 0 Å². The highest BCUT2D eigenvalue weighted by molar-refractivity contribution is 9.10. The third kappa shape index (κ3) is 4.50. The highest BCUT2D eigenvalue weighted by Crippen LogP contribution is 2.36. The number of benzene rings is 2. The molecule has 0 atom stereocenters. The van der Waals surface area contributed by atoms with Gasteiger partial charge in [0, 0.05) is 10.0 Å². The maximum absolute atomic E-state index is 12.3. The van der Waals surface area contributed by atoms with E-state index in [2.05, 4.69) is 28.0 Å². The largest absolute Gasteiger partial charge is 0.496 e. The van der Waals surface area contributed by atoms with Crippen LogP contribution in [0.3, 0.4) is 0 Å². The maximum atomic E-state index is 12.3. The van der Waals surface area contributed by atoms with Crippen LogP contribution in [0.15, 0.2) is 46.0 Å². The summed E-state index contributed by atoms with van der Waals surface area (Å²) in [6, 6.07) is 10.7. The Kier molecular flexibility index (Phi) is 6.50. The molecule has 0 heterocycles. The molecule has 1 aliphatic carbocycles. The van der Waals surface area contributed by atoms with Gasteiger partial charge < -0.3 is 14.3 Å². The number of hydrogen-bond donors (Lipinski definition) is 0. The van der Waals surface area contributed by atoms with Crippen molar-refractivity contribution in [2.24, 2.45) is 5.16 Å². The summed E-state index contributed by atoms with van der Waals surface area (Å²) in [7, 11) is 1.62. The van der Waals surface area contributed by atoms with Gasteiger partial charge in [0.1, 0.15) is 11.5 Å². The lowest BCUT2D eigenvalue weighted by Crippen LogP contribution is -2.05. The number of halogens is 1. The number of carbonyl (C=O) groups excluding carboxylic acids is 1. The fraction of sp³-hybridized carbons (Fsp3) is 0.333. The highest BCUT2D eigenvalue weighted by Gasteiger charge is 2.25. The first kappa shape index (κ1) is 19.4. The molecule has 0 saturated heterocycles. The number of oxime groups is 1. The molecule has 3 rings (SSSR count). The van der Waals surface area contributed by atoms with Gasteiger partial charge in [-0.3, -0.25) is 0 Å². The summed E-state index contributed by atoms with van der Waals surface area (Å²) in [5, 5.41) is 4.11. The van der Waals surface area contributed by atoms with Gasteiger partial charge in [-0.25, -0.2) is 4.79 Å². The second-order valence-electron chi connectivity index (χ2n) is 6.25. The van der Waals surface area contributed by atoms with Gasteiger partial charge in [0.05, 0.1) is 25.0 Å². The molecule has 0 N–H and O–H groups in total. The molecular formula is C21H22BrNO4. The van der Waals surface area contributed by atoms with E-state index in [1.807, 2.05) is 12.1 Å². The van der Waals surface area contributed by atoms with E-state index < -0.39 is 5.97 Å². The SMILES string of the molecule is CCCCOc1ccc(C(=O)O/N=C2/CCc3c(Br)ccc(OC)c32)cc1. The van der Waals surface area contributed by atoms with Crippen molar-refractivity contribution >= 4 is 27.6 Å². The maximum Gasteiger partial charge on any atom is 0.365 e. The fourth-order valence-electron chi connectivity index (χ4n) is 2.96. The van der Waals surface area contributed by atoms with Crippen LogP contribution in [-0.4, -0.2) is 25.4 Å². The molecule has 0 bridgehead atoms. The van der Waals surface area contributed by atoms with Crippen LogP contribution in [0, 0.1) is 0 Å². The molecule has 0 saturated carbocycles. The molecule has 142 valence electrons. The van der Waals surface area contributed by atoms with Crippen LogP contribution in [0.5, 0.6) is 11.5 Å². The molecule has 0 aliphatic heterocycles. The molecular weight excluding hydrogens is 410 g/mol. The van der Waals surface area contributed by atoms with Crippen molar-refractivity contribution in [3.63, 3.8) is 0 Å². The van der Waals surface area contributed by atoms with Crippen molar-refractivity contribution in [1.29, 1.82) is 0 Å². The number of unbranched alkanes of at least 4 members (excludes halogenated alkanes) is 1. The summed E-state index contributed by atoms with van der Waals surface area (Å²) in [4.78, 5) is 17.5. The summed E-state index contributed by atoms with van der Waals surface area (Å²) in [6.45, 7) is 2.78. The minimum absolute atomic E-state index is 0.432. The molecule has 0 amide bonds. The van der Waals surface area contributed by atoms with Gasteiger partial charge >= 0.3 is 5.97 Å². The average molecular weight is 432 g/mol. The molecule has 0 radical (unpaired) electrons. The summed E-state index contributed by atoms with van der Waals surface area (Å²) in [5.74, 6) is 0.977. The molecule has 2 aromatic rings. The van der Waals surface area contributed by atoms with Crippen molar-refractivity contribution in [3.05, 3.63) is 57.6 Å². The minimum Gasteiger partial charge on any atom is -0.496 e. The zero-order valence-electron chi connectivity index (χ0n) is 15.5. The number of methoxy groups -OCH3 is 1. The summed E-state index contributed by atoms with van der Waals surface area (Å²) in [6.07, 6.45) is 3.61. The topological polar surface area (TPSA) is 57.1 Å². The van der Waals surface area contributed by atoms with Gasteiger partial charge in [0.2, 0.25) is 0 Å². The minimum atomic E-state index is -0.495. The lowest BCUT2D eigenvalue weighted by Gasteiger charge is -2.09. The smallest absolute Gasteiger partial charge is 0.365 e. The van der Waals surface area contributed by atoms with Gasteiger partial charge in [-0.1, -0.05) is 34.4 Å². The number of carbonyl (C=O) groups is 1. The first-order chi connectivity index (χ1) is 13.1. The Balaban J connectivity index is 1.69. The van der Waals surface area contributed by atoms with E-state index >= 15 is 0 Å². The second-order valence-corrected chi connectivity index (χ2v) is 7.10. The van der Waals surface area contributed by atoms with Crippen LogP contribution < -0.4 is 9.47 Å². The molecule has 27 heavy (non-hydrogen) atoms. The Hall–Kier alpha value is -2.34. The van der Waals surface area contributed by atoms with E-state index in [1.54, 1.807) is 31.4 Å². The second kappa shape index (κ2) is 9.04. The molecule has 1 aliphatic rings. The monoisotopic (exact) mass is 431 g/mol. The summed E-state index contributed by atoms with van der Waals surface area (Å²) < 4.78 is 12.0. The van der Waals surface area contributed by atoms with Crippen LogP contribution in [0.2, 0.25) is 0 Å². The van der Waals surface area contributed by atoms with Crippen LogP contribution >= 0.6 is 15.9 Å². The van der Waals surface area contributed by atoms with Gasteiger partial charge in [-0.05, 0) is 61.2 Å². The van der Waals surface area contributed by atoms with E-state index in [-0.39, 0.29) is 0 Å². The molecule has 2 aromatic carbocycles. The van der Waals surface area contributed by atoms with E-state index in [0.717, 1.165) is 52.1 Å². The van der Waals surface area contributed by atoms with Gasteiger partial charge in [-0.15, -0.1) is 0 Å². The zero-order chi connectivity index (χ0) is 19.2. The van der Waals surface area contributed by atoms with Crippen molar-refractivity contribution < 1.29 is 19.1 Å². The predicted octanol–water partition coefficient (Wildman–Crippen LogP) is 5.14. The van der Waals surface area contributed by atoms with E-state index in [4.69, 9.17) is 14.3 Å². The van der Waals surface area contributed by atoms with Crippen LogP contribution in [-0.2, 0) is 11.3 Å². The van der Waals surface area contributed by atoms with Crippen molar-refractivity contribution in [2.45, 2.75) is 32.6 Å². The van der Waals surface area contributed by atoms with E-state index in [9.17, 15) is 4.79 Å². The van der Waals surface area contributed by atoms with Crippen LogP contribution in [0.1, 0.15) is 47.7 Å². The van der Waals surface area contributed by atoms with Crippen molar-refractivity contribution in [3.8, 4) is 11.5 Å². The Labute approximate surface area is 167 Å². The first-order valence-corrected chi connectivity index (χ1v) is 9.80. The summed E-state index contributed by atoms with van der Waals surface area (Å²) >= 11 is 3.55. The highest BCUT2D eigenvalue weighted by atomic mass is 79.9. The van der Waals surface area contributed by atoms with E-state index in [0.29, 0.717) is 18.6 Å². The Morgan fingerprint density at radius 2 is 1.93 bits per heavy atom. The zero-order valence-corrected chi connectivity index (χ0v) is 17.0. The third-order valence-electron chi connectivity index (χ3n) is 4.43. The van der Waals surface area contributed by atoms with Gasteiger partial charge in [0.25, 0.3) is 0 Å². The number of hydrogen-bond acceptors (Lipinski definition) is 5. The molecule has 0 aromatic heterocycles. The van der Waals surface area contributed by atoms with Crippen molar-refractivity contribution in [1.82, 2.24) is 0 Å². The standard InChI is InChI=1S/C21H22BrNO4/c1-3-4-13-26-15-7-5-14(6-8-15)21(24)27-23-18-11-9-16-17(22)10-12-19(25-2)20(16)18/h5-8,10,12H,3-4,9,11,13H2,1-2H3/b23-18-. The Morgan fingerprint density at radius 3 is 2.63 bits per heavy atom. The lowest BCUT2D eigenvalue weighted by atomic mass is 10.1. The number of nitrogens with zero attached hydrogens (tertiary/aromatic N) is 1. The number of rotatable bonds is 7. The first-order valence-electron chi connectivity index (χ1n) is 9.00. The average Bonchev–Trinajstić information content (AvgIpc) is 3.12. The van der Waals surface area contributed by atoms with Crippen LogP contribution in [0.4, 0.5) is 0 Å². The summed E-state index contributed by atoms with van der Waals surface area (Å²) in [5.41, 5.74) is 3.18. The molecule has 5 nitrogen and oxygen atoms in total. The van der Waals surface area contributed by atoms with E-state index in [1.165, 1.54) is 0 Å².